The summed E-state index contributed by atoms with van der Waals surface area (Å²) in [4.78, 5) is 20.0. The van der Waals surface area contributed by atoms with Gasteiger partial charge in [0.1, 0.15) is 41.8 Å². The number of hydrogen-bond donors (Lipinski definition) is 2. The van der Waals surface area contributed by atoms with Gasteiger partial charge in [-0.1, -0.05) is 10.4 Å². The lowest BCUT2D eigenvalue weighted by molar-refractivity contribution is -0.219. The van der Waals surface area contributed by atoms with Crippen molar-refractivity contribution in [3.05, 3.63) is 30.0 Å². The number of halogens is 2. The van der Waals surface area contributed by atoms with Gasteiger partial charge in [-0.3, -0.25) is 0 Å². The molecule has 2 fully saturated rings. The Morgan fingerprint density at radius 3 is 2.51 bits per heavy atom. The Kier molecular flexibility index (Phi) is 9.91. The normalized spacial score (nSPS) is 27.7. The van der Waals surface area contributed by atoms with Crippen LogP contribution in [0.15, 0.2) is 23.5 Å². The number of carbonyl (C=O) groups excluding carboxylic acids is 1. The zero-order chi connectivity index (χ0) is 32.5. The number of hydrogen-bond acceptors (Lipinski definition) is 11. The number of methoxy groups -OCH3 is 2. The maximum absolute atomic E-state index is 14.8. The molecule has 0 bridgehead atoms. The van der Waals surface area contributed by atoms with Gasteiger partial charge in [-0.05, 0) is 45.7 Å². The fraction of sp³-hybridized carbons (Fsp3) is 0.667. The number of carbonyl (C=O) groups is 1. The second-order valence-electron chi connectivity index (χ2n) is 12.6. The van der Waals surface area contributed by atoms with Gasteiger partial charge in [0.25, 0.3) is 0 Å². The van der Waals surface area contributed by atoms with Gasteiger partial charge in [-0.15, -0.1) is 5.10 Å². The van der Waals surface area contributed by atoms with Crippen LogP contribution in [-0.2, 0) is 19.0 Å². The fourth-order valence-electron chi connectivity index (χ4n) is 6.19. The first-order valence-corrected chi connectivity index (χ1v) is 15.1. The standard InChI is InChI=1S/C30H41F2N5O8/c1-30(2,3)44-29(40)36-10-8-16(9-11-36)19-12-17(45-34-19)13-22-28(42-5)26(27(39)23(15-38)43-22)37-14-20(33-35-37)18-6-7-21(41-4)25(32)24(18)31/h6-7,14,16-17,22-23,26-28,38-39H,8-13,15H2,1-5H3/t17-,22-,23-,26+,27+,28+/m1/s1. The largest absolute Gasteiger partial charge is 0.494 e. The first-order valence-electron chi connectivity index (χ1n) is 15.1. The Hall–Kier alpha value is -3.40. The number of aliphatic hydroxyl groups excluding tert-OH is 2. The minimum atomic E-state index is -1.25. The molecular formula is C30H41F2N5O8. The third kappa shape index (κ3) is 7.05. The molecule has 2 saturated heterocycles. The van der Waals surface area contributed by atoms with Crippen LogP contribution in [0, 0.1) is 17.6 Å². The van der Waals surface area contributed by atoms with Crippen LogP contribution in [0.5, 0.6) is 5.75 Å². The van der Waals surface area contributed by atoms with Crippen molar-refractivity contribution in [3.63, 3.8) is 0 Å². The van der Waals surface area contributed by atoms with E-state index in [-0.39, 0.29) is 35.1 Å². The second-order valence-corrected chi connectivity index (χ2v) is 12.6. The quantitative estimate of drug-likeness (QED) is 0.442. The Morgan fingerprint density at radius 2 is 1.87 bits per heavy atom. The van der Waals surface area contributed by atoms with Crippen LogP contribution in [-0.4, -0.2) is 112 Å². The highest BCUT2D eigenvalue weighted by Crippen LogP contribution is 2.37. The number of oxime groups is 1. The minimum Gasteiger partial charge on any atom is -0.494 e. The lowest BCUT2D eigenvalue weighted by atomic mass is 9.86. The van der Waals surface area contributed by atoms with Crippen molar-refractivity contribution in [2.75, 3.05) is 33.9 Å². The Labute approximate surface area is 260 Å². The Balaban J connectivity index is 1.25. The molecule has 1 aromatic heterocycles. The number of ether oxygens (including phenoxy) is 4. The summed E-state index contributed by atoms with van der Waals surface area (Å²) >= 11 is 0. The number of rotatable bonds is 8. The number of piperidine rings is 1. The number of amides is 1. The monoisotopic (exact) mass is 637 g/mol. The van der Waals surface area contributed by atoms with Gasteiger partial charge in [0.15, 0.2) is 11.6 Å². The predicted molar refractivity (Wildman–Crippen MR) is 156 cm³/mol. The van der Waals surface area contributed by atoms with Crippen molar-refractivity contribution >= 4 is 11.8 Å². The summed E-state index contributed by atoms with van der Waals surface area (Å²) in [6.07, 6.45) is -0.547. The number of benzene rings is 1. The summed E-state index contributed by atoms with van der Waals surface area (Å²) < 4.78 is 52.7. The molecule has 45 heavy (non-hydrogen) atoms. The molecule has 0 aliphatic carbocycles. The van der Waals surface area contributed by atoms with Crippen molar-refractivity contribution in [1.82, 2.24) is 19.9 Å². The molecule has 3 aliphatic rings. The van der Waals surface area contributed by atoms with Gasteiger partial charge in [0.2, 0.25) is 5.82 Å². The van der Waals surface area contributed by atoms with Crippen molar-refractivity contribution in [3.8, 4) is 17.0 Å². The molecule has 2 aromatic rings. The van der Waals surface area contributed by atoms with Gasteiger partial charge in [0, 0.05) is 44.5 Å². The highest BCUT2D eigenvalue weighted by molar-refractivity contribution is 5.88. The molecule has 0 saturated carbocycles. The molecule has 0 unspecified atom stereocenters. The minimum absolute atomic E-state index is 0.0366. The van der Waals surface area contributed by atoms with E-state index in [1.165, 1.54) is 37.2 Å². The van der Waals surface area contributed by atoms with E-state index >= 15 is 0 Å². The van der Waals surface area contributed by atoms with E-state index in [4.69, 9.17) is 23.8 Å². The van der Waals surface area contributed by atoms with Crippen LogP contribution in [0.25, 0.3) is 11.3 Å². The molecule has 6 atom stereocenters. The number of aliphatic hydroxyl groups is 2. The second kappa shape index (κ2) is 13.5. The van der Waals surface area contributed by atoms with E-state index in [1.807, 2.05) is 20.8 Å². The molecule has 5 rings (SSSR count). The summed E-state index contributed by atoms with van der Waals surface area (Å²) in [5.41, 5.74) is 0.263. The van der Waals surface area contributed by atoms with E-state index in [0.29, 0.717) is 25.9 Å². The van der Waals surface area contributed by atoms with Crippen LogP contribution in [0.2, 0.25) is 0 Å². The van der Waals surface area contributed by atoms with Crippen LogP contribution in [0.1, 0.15) is 52.5 Å². The maximum atomic E-state index is 14.8. The maximum Gasteiger partial charge on any atom is 0.410 e. The van der Waals surface area contributed by atoms with E-state index < -0.39 is 54.3 Å². The topological polar surface area (TPSA) is 150 Å². The summed E-state index contributed by atoms with van der Waals surface area (Å²) in [5, 5.41) is 33.7. The lowest BCUT2D eigenvalue weighted by Crippen LogP contribution is -2.57. The Morgan fingerprint density at radius 1 is 1.13 bits per heavy atom. The highest BCUT2D eigenvalue weighted by Gasteiger charge is 2.48. The average molecular weight is 638 g/mol. The molecular weight excluding hydrogens is 596 g/mol. The zero-order valence-electron chi connectivity index (χ0n) is 26.1. The Bertz CT molecular complexity index is 1380. The van der Waals surface area contributed by atoms with Crippen LogP contribution >= 0.6 is 0 Å². The molecule has 13 nitrogen and oxygen atoms in total. The third-order valence-corrected chi connectivity index (χ3v) is 8.46. The number of likely N-dealkylation sites (tertiary alicyclic amines) is 1. The molecule has 1 aromatic carbocycles. The molecule has 3 aliphatic heterocycles. The lowest BCUT2D eigenvalue weighted by Gasteiger charge is -2.44. The molecule has 0 spiro atoms. The SMILES string of the molecule is COc1ccc(-c2cn([C@H]3[C@@H](O)[C@@H](CO)O[C@H](C[C@H]4CC(C5CCN(C(=O)OC(C)(C)C)CC5)=NO4)[C@@H]3OC)nn2)c(F)c1F. The van der Waals surface area contributed by atoms with Crippen molar-refractivity contribution in [1.29, 1.82) is 0 Å². The van der Waals surface area contributed by atoms with E-state index in [1.54, 1.807) is 4.90 Å². The van der Waals surface area contributed by atoms with E-state index in [2.05, 4.69) is 15.5 Å². The van der Waals surface area contributed by atoms with Crippen molar-refractivity contribution in [2.24, 2.45) is 11.1 Å². The first-order chi connectivity index (χ1) is 21.4. The first kappa shape index (κ1) is 33.0. The van der Waals surface area contributed by atoms with Gasteiger partial charge >= 0.3 is 6.09 Å². The predicted octanol–water partition coefficient (Wildman–Crippen LogP) is 3.09. The molecule has 15 heteroatoms. The van der Waals surface area contributed by atoms with Crippen molar-refractivity contribution < 1.29 is 47.6 Å². The average Bonchev–Trinajstić information content (AvgIpc) is 3.68. The molecule has 4 heterocycles. The molecule has 1 amide bonds. The molecule has 248 valence electrons. The van der Waals surface area contributed by atoms with Crippen molar-refractivity contribution in [2.45, 2.75) is 88.6 Å². The van der Waals surface area contributed by atoms with Gasteiger partial charge < -0.3 is 38.9 Å². The number of nitrogens with zero attached hydrogens (tertiary/aromatic N) is 5. The molecule has 0 radical (unpaired) electrons. The summed E-state index contributed by atoms with van der Waals surface area (Å²) in [5.74, 6) is -2.38. The van der Waals surface area contributed by atoms with E-state index in [9.17, 15) is 23.8 Å². The van der Waals surface area contributed by atoms with E-state index in [0.717, 1.165) is 18.6 Å². The highest BCUT2D eigenvalue weighted by atomic mass is 19.2. The smallest absolute Gasteiger partial charge is 0.410 e. The number of aromatic nitrogens is 3. The summed E-state index contributed by atoms with van der Waals surface area (Å²) in [6, 6.07) is 1.74. The van der Waals surface area contributed by atoms with Crippen LogP contribution in [0.4, 0.5) is 13.6 Å². The summed E-state index contributed by atoms with van der Waals surface area (Å²) in [7, 11) is 2.70. The van der Waals surface area contributed by atoms with Gasteiger partial charge in [-0.2, -0.15) is 4.39 Å². The van der Waals surface area contributed by atoms with Gasteiger partial charge in [0.05, 0.1) is 31.7 Å². The van der Waals surface area contributed by atoms with Crippen LogP contribution < -0.4 is 4.74 Å². The van der Waals surface area contributed by atoms with Crippen LogP contribution in [0.3, 0.4) is 0 Å². The summed E-state index contributed by atoms with van der Waals surface area (Å²) in [6.45, 7) is 6.17. The zero-order valence-corrected chi connectivity index (χ0v) is 26.1. The van der Waals surface area contributed by atoms with Gasteiger partial charge in [-0.25, -0.2) is 13.9 Å². The third-order valence-electron chi connectivity index (χ3n) is 8.46. The molecule has 2 N–H and O–H groups in total. The fourth-order valence-corrected chi connectivity index (χ4v) is 6.19.